The zero-order valence-corrected chi connectivity index (χ0v) is 21.6. The van der Waals surface area contributed by atoms with E-state index >= 15 is 0 Å². The molecule has 1 aromatic heterocycles. The van der Waals surface area contributed by atoms with E-state index in [2.05, 4.69) is 11.1 Å². The maximum atomic E-state index is 14.2. The van der Waals surface area contributed by atoms with E-state index < -0.39 is 11.6 Å². The summed E-state index contributed by atoms with van der Waals surface area (Å²) in [5.74, 6) is -1.86. The first-order valence-corrected chi connectivity index (χ1v) is 12.9. The highest BCUT2D eigenvalue weighted by Crippen LogP contribution is 2.34. The van der Waals surface area contributed by atoms with Gasteiger partial charge in [0.2, 0.25) is 5.88 Å². The predicted octanol–water partition coefficient (Wildman–Crippen LogP) is 6.88. The van der Waals surface area contributed by atoms with Crippen LogP contribution in [0.4, 0.5) is 8.78 Å². The van der Waals surface area contributed by atoms with Gasteiger partial charge in [-0.05, 0) is 65.6 Å². The van der Waals surface area contributed by atoms with Gasteiger partial charge in [-0.3, -0.25) is 4.79 Å². The molecule has 1 aliphatic rings. The molecule has 0 N–H and O–H groups in total. The first-order valence-electron chi connectivity index (χ1n) is 12.5. The molecule has 1 amide bonds. The molecule has 196 valence electrons. The number of benzene rings is 3. The summed E-state index contributed by atoms with van der Waals surface area (Å²) in [6.07, 6.45) is 2.12. The number of carbonyl (C=O) groups is 1. The average Bonchev–Trinajstić information content (AvgIpc) is 2.98. The van der Waals surface area contributed by atoms with Gasteiger partial charge in [-0.15, -0.1) is 0 Å². The van der Waals surface area contributed by atoms with Gasteiger partial charge in [-0.25, -0.2) is 13.8 Å². The number of likely N-dealkylation sites (tertiary alicyclic amines) is 1. The standard InChI is InChI=1S/C31H24ClF2N3O2/c32-26-10-12-30(36-17-26)39-19-25-13-14-37(18-27(25)24-9-11-28(33)29(34)15-24)31(38)23-7-5-22(6-8-23)21-3-1-20(16-35)2-4-21/h1-12,15,17,25,27H,13-14,18-19H2. The quantitative estimate of drug-likeness (QED) is 0.266. The van der Waals surface area contributed by atoms with E-state index in [1.165, 1.54) is 12.3 Å². The lowest BCUT2D eigenvalue weighted by molar-refractivity contribution is 0.0614. The molecule has 1 fully saturated rings. The Kier molecular flexibility index (Phi) is 7.85. The maximum absolute atomic E-state index is 14.2. The lowest BCUT2D eigenvalue weighted by Crippen LogP contribution is -2.44. The molecule has 1 saturated heterocycles. The van der Waals surface area contributed by atoms with Crippen LogP contribution in [0.25, 0.3) is 11.1 Å². The summed E-state index contributed by atoms with van der Waals surface area (Å²) in [6, 6.07) is 23.9. The minimum Gasteiger partial charge on any atom is -0.477 e. The van der Waals surface area contributed by atoms with Crippen LogP contribution in [-0.4, -0.2) is 35.5 Å². The van der Waals surface area contributed by atoms with Crippen molar-refractivity contribution in [3.05, 3.63) is 118 Å². The van der Waals surface area contributed by atoms with Crippen LogP contribution in [0, 0.1) is 28.9 Å². The molecule has 8 heteroatoms. The minimum absolute atomic E-state index is 0.0462. The highest BCUT2D eigenvalue weighted by Gasteiger charge is 2.34. The predicted molar refractivity (Wildman–Crippen MR) is 144 cm³/mol. The number of hydrogen-bond acceptors (Lipinski definition) is 4. The third-order valence-corrected chi connectivity index (χ3v) is 7.26. The molecule has 0 bridgehead atoms. The van der Waals surface area contributed by atoms with E-state index in [4.69, 9.17) is 21.6 Å². The summed E-state index contributed by atoms with van der Waals surface area (Å²) in [5.41, 5.74) is 3.61. The zero-order chi connectivity index (χ0) is 27.4. The second-order valence-electron chi connectivity index (χ2n) is 9.47. The van der Waals surface area contributed by atoms with Crippen LogP contribution in [0.15, 0.2) is 85.1 Å². The van der Waals surface area contributed by atoms with Gasteiger partial charge in [0.05, 0.1) is 23.3 Å². The van der Waals surface area contributed by atoms with Crippen molar-refractivity contribution in [2.24, 2.45) is 5.92 Å². The highest BCUT2D eigenvalue weighted by atomic mass is 35.5. The number of carbonyl (C=O) groups excluding carboxylic acids is 1. The third-order valence-electron chi connectivity index (χ3n) is 7.04. The number of amides is 1. The molecule has 0 saturated carbocycles. The molecule has 2 heterocycles. The normalized spacial score (nSPS) is 16.9. The fraction of sp³-hybridized carbons (Fsp3) is 0.194. The minimum atomic E-state index is -0.923. The molecule has 0 spiro atoms. The van der Waals surface area contributed by atoms with E-state index in [0.29, 0.717) is 53.7 Å². The topological polar surface area (TPSA) is 66.2 Å². The maximum Gasteiger partial charge on any atom is 0.253 e. The molecular weight excluding hydrogens is 520 g/mol. The second kappa shape index (κ2) is 11.6. The number of pyridine rings is 1. The van der Waals surface area contributed by atoms with E-state index in [1.807, 2.05) is 24.3 Å². The summed E-state index contributed by atoms with van der Waals surface area (Å²) >= 11 is 5.91. The number of halogens is 3. The Morgan fingerprint density at radius 2 is 1.72 bits per heavy atom. The molecule has 0 aliphatic carbocycles. The molecule has 4 aromatic rings. The van der Waals surface area contributed by atoms with Crippen LogP contribution in [0.3, 0.4) is 0 Å². The molecule has 0 radical (unpaired) electrons. The summed E-state index contributed by atoms with van der Waals surface area (Å²) in [7, 11) is 0. The smallest absolute Gasteiger partial charge is 0.253 e. The Bertz CT molecular complexity index is 1500. The van der Waals surface area contributed by atoms with Crippen molar-refractivity contribution in [2.45, 2.75) is 12.3 Å². The van der Waals surface area contributed by atoms with Crippen molar-refractivity contribution in [2.75, 3.05) is 19.7 Å². The first-order chi connectivity index (χ1) is 18.9. The summed E-state index contributed by atoms with van der Waals surface area (Å²) in [5, 5.41) is 9.50. The zero-order valence-electron chi connectivity index (χ0n) is 20.9. The van der Waals surface area contributed by atoms with Crippen molar-refractivity contribution in [3.8, 4) is 23.1 Å². The SMILES string of the molecule is N#Cc1ccc(-c2ccc(C(=O)N3CCC(COc4ccc(Cl)cn4)C(c4ccc(F)c(F)c4)C3)cc2)cc1. The van der Waals surface area contributed by atoms with Crippen LogP contribution < -0.4 is 4.74 Å². The van der Waals surface area contributed by atoms with Gasteiger partial charge in [-0.1, -0.05) is 41.9 Å². The number of ether oxygens (including phenoxy) is 1. The molecule has 1 aliphatic heterocycles. The van der Waals surface area contributed by atoms with Gasteiger partial charge < -0.3 is 9.64 Å². The Labute approximate surface area is 230 Å². The number of aromatic nitrogens is 1. The molecule has 39 heavy (non-hydrogen) atoms. The van der Waals surface area contributed by atoms with Gasteiger partial charge in [0.15, 0.2) is 11.6 Å². The van der Waals surface area contributed by atoms with Crippen molar-refractivity contribution in [3.63, 3.8) is 0 Å². The molecule has 3 aromatic carbocycles. The van der Waals surface area contributed by atoms with Crippen LogP contribution in [0.2, 0.25) is 5.02 Å². The van der Waals surface area contributed by atoms with E-state index in [9.17, 15) is 13.6 Å². The number of hydrogen-bond donors (Lipinski definition) is 0. The molecule has 5 rings (SSSR count). The largest absolute Gasteiger partial charge is 0.477 e. The van der Waals surface area contributed by atoms with E-state index in [0.717, 1.165) is 17.2 Å². The van der Waals surface area contributed by atoms with Crippen LogP contribution in [0.5, 0.6) is 5.88 Å². The molecule has 2 unspecified atom stereocenters. The first kappa shape index (κ1) is 26.3. The van der Waals surface area contributed by atoms with Crippen LogP contribution in [0.1, 0.15) is 33.8 Å². The van der Waals surface area contributed by atoms with E-state index in [1.54, 1.807) is 47.4 Å². The number of nitrogens with zero attached hydrogens (tertiary/aromatic N) is 3. The number of rotatable bonds is 6. The lowest BCUT2D eigenvalue weighted by atomic mass is 9.81. The number of piperidine rings is 1. The van der Waals surface area contributed by atoms with Gasteiger partial charge in [0, 0.05) is 42.8 Å². The average molecular weight is 544 g/mol. The molecular formula is C31H24ClF2N3O2. The van der Waals surface area contributed by atoms with Crippen LogP contribution >= 0.6 is 11.6 Å². The van der Waals surface area contributed by atoms with Gasteiger partial charge in [0.25, 0.3) is 5.91 Å². The van der Waals surface area contributed by atoms with Crippen molar-refractivity contribution in [1.29, 1.82) is 5.26 Å². The monoisotopic (exact) mass is 543 g/mol. The summed E-state index contributed by atoms with van der Waals surface area (Å²) in [6.45, 7) is 1.14. The van der Waals surface area contributed by atoms with Crippen molar-refractivity contribution < 1.29 is 18.3 Å². The second-order valence-corrected chi connectivity index (χ2v) is 9.91. The van der Waals surface area contributed by atoms with Gasteiger partial charge in [-0.2, -0.15) is 5.26 Å². The highest BCUT2D eigenvalue weighted by molar-refractivity contribution is 6.30. The Hall–Kier alpha value is -4.28. The van der Waals surface area contributed by atoms with Crippen molar-refractivity contribution in [1.82, 2.24) is 9.88 Å². The Morgan fingerprint density at radius 1 is 1.00 bits per heavy atom. The lowest BCUT2D eigenvalue weighted by Gasteiger charge is -2.39. The Morgan fingerprint density at radius 3 is 2.36 bits per heavy atom. The van der Waals surface area contributed by atoms with Gasteiger partial charge >= 0.3 is 0 Å². The fourth-order valence-electron chi connectivity index (χ4n) is 4.87. The van der Waals surface area contributed by atoms with E-state index in [-0.39, 0.29) is 17.7 Å². The fourth-order valence-corrected chi connectivity index (χ4v) is 4.98. The molecule has 2 atom stereocenters. The third kappa shape index (κ3) is 6.08. The number of nitriles is 1. The molecule has 5 nitrogen and oxygen atoms in total. The van der Waals surface area contributed by atoms with Crippen LogP contribution in [-0.2, 0) is 0 Å². The van der Waals surface area contributed by atoms with Gasteiger partial charge in [0.1, 0.15) is 0 Å². The summed E-state index contributed by atoms with van der Waals surface area (Å²) < 4.78 is 33.7. The van der Waals surface area contributed by atoms with Crippen molar-refractivity contribution >= 4 is 17.5 Å². The Balaban J connectivity index is 1.33. The summed E-state index contributed by atoms with van der Waals surface area (Å²) in [4.78, 5) is 19.4.